The molecule has 0 saturated carbocycles. The van der Waals surface area contributed by atoms with Gasteiger partial charge in [-0.2, -0.15) is 9.78 Å². The molecule has 0 unspecified atom stereocenters. The standard InChI is InChI=1S/C24H19BrN4O3/c1-28(15-21(30)26-20-14-8-7-13-19(20)25)24(32)22-17-11-5-6-12-18(17)23(31)29(27-22)16-9-3-2-4-10-16/h2-14H,15H2,1H3,(H,26,30). The molecule has 160 valence electrons. The summed E-state index contributed by atoms with van der Waals surface area (Å²) < 4.78 is 1.95. The smallest absolute Gasteiger partial charge is 0.279 e. The van der Waals surface area contributed by atoms with E-state index in [0.29, 0.717) is 22.1 Å². The molecular formula is C24H19BrN4O3. The van der Waals surface area contributed by atoms with E-state index in [2.05, 4.69) is 26.3 Å². The highest BCUT2D eigenvalue weighted by atomic mass is 79.9. The fraction of sp³-hybridized carbons (Fsp3) is 0.0833. The zero-order valence-electron chi connectivity index (χ0n) is 17.2. The molecule has 0 bridgehead atoms. The number of benzene rings is 3. The third-order valence-electron chi connectivity index (χ3n) is 4.88. The SMILES string of the molecule is CN(CC(=O)Nc1ccccc1Br)C(=O)c1nn(-c2ccccc2)c(=O)c2ccccc12. The van der Waals surface area contributed by atoms with E-state index in [1.54, 1.807) is 60.7 Å². The largest absolute Gasteiger partial charge is 0.331 e. The highest BCUT2D eigenvalue weighted by Gasteiger charge is 2.22. The number of anilines is 1. The summed E-state index contributed by atoms with van der Waals surface area (Å²) in [5.74, 6) is -0.818. The van der Waals surface area contributed by atoms with Gasteiger partial charge in [-0.15, -0.1) is 0 Å². The lowest BCUT2D eigenvalue weighted by molar-refractivity contribution is -0.116. The maximum Gasteiger partial charge on any atom is 0.279 e. The van der Waals surface area contributed by atoms with Crippen LogP contribution in [0.4, 0.5) is 5.69 Å². The number of amides is 2. The van der Waals surface area contributed by atoms with E-state index in [4.69, 9.17) is 0 Å². The number of nitrogens with zero attached hydrogens (tertiary/aromatic N) is 3. The van der Waals surface area contributed by atoms with Crippen LogP contribution in [0.1, 0.15) is 10.5 Å². The van der Waals surface area contributed by atoms with Crippen LogP contribution in [0.5, 0.6) is 0 Å². The molecule has 0 aliphatic heterocycles. The highest BCUT2D eigenvalue weighted by molar-refractivity contribution is 9.10. The highest BCUT2D eigenvalue weighted by Crippen LogP contribution is 2.21. The van der Waals surface area contributed by atoms with Gasteiger partial charge in [0.05, 0.1) is 23.3 Å². The van der Waals surface area contributed by atoms with Crippen molar-refractivity contribution < 1.29 is 9.59 Å². The van der Waals surface area contributed by atoms with E-state index in [0.717, 1.165) is 4.47 Å². The van der Waals surface area contributed by atoms with Gasteiger partial charge in [-0.05, 0) is 46.3 Å². The molecule has 1 aromatic heterocycles. The second kappa shape index (κ2) is 9.15. The molecular weight excluding hydrogens is 472 g/mol. The number of rotatable bonds is 5. The van der Waals surface area contributed by atoms with Gasteiger partial charge in [0, 0.05) is 16.9 Å². The van der Waals surface area contributed by atoms with Crippen molar-refractivity contribution in [3.8, 4) is 5.69 Å². The van der Waals surface area contributed by atoms with Crippen molar-refractivity contribution in [2.75, 3.05) is 18.9 Å². The quantitative estimate of drug-likeness (QED) is 0.460. The van der Waals surface area contributed by atoms with Crippen molar-refractivity contribution in [2.45, 2.75) is 0 Å². The van der Waals surface area contributed by atoms with E-state index < -0.39 is 5.91 Å². The van der Waals surface area contributed by atoms with E-state index in [1.807, 2.05) is 18.2 Å². The summed E-state index contributed by atoms with van der Waals surface area (Å²) in [5.41, 5.74) is 0.934. The third-order valence-corrected chi connectivity index (χ3v) is 5.58. The van der Waals surface area contributed by atoms with Gasteiger partial charge in [0.2, 0.25) is 5.91 Å². The van der Waals surface area contributed by atoms with Crippen LogP contribution in [0, 0.1) is 0 Å². The van der Waals surface area contributed by atoms with Gasteiger partial charge in [0.1, 0.15) is 0 Å². The summed E-state index contributed by atoms with van der Waals surface area (Å²) in [4.78, 5) is 40.1. The second-order valence-electron chi connectivity index (χ2n) is 7.14. The number of carbonyl (C=O) groups excluding carboxylic acids is 2. The molecule has 0 aliphatic carbocycles. The Morgan fingerprint density at radius 3 is 2.28 bits per heavy atom. The Hall–Kier alpha value is -3.78. The van der Waals surface area contributed by atoms with Gasteiger partial charge in [-0.1, -0.05) is 48.5 Å². The minimum absolute atomic E-state index is 0.0974. The van der Waals surface area contributed by atoms with E-state index in [9.17, 15) is 14.4 Å². The second-order valence-corrected chi connectivity index (χ2v) is 7.99. The molecule has 0 spiro atoms. The molecule has 8 heteroatoms. The lowest BCUT2D eigenvalue weighted by Gasteiger charge is -2.18. The van der Waals surface area contributed by atoms with Crippen molar-refractivity contribution in [2.24, 2.45) is 0 Å². The molecule has 1 heterocycles. The number of hydrogen-bond donors (Lipinski definition) is 1. The Bertz CT molecular complexity index is 1370. The number of carbonyl (C=O) groups is 2. The van der Waals surface area contributed by atoms with Gasteiger partial charge in [0.25, 0.3) is 11.5 Å². The normalized spacial score (nSPS) is 10.7. The zero-order valence-corrected chi connectivity index (χ0v) is 18.7. The number of hydrogen-bond acceptors (Lipinski definition) is 4. The fourth-order valence-electron chi connectivity index (χ4n) is 3.31. The third kappa shape index (κ3) is 4.31. The van der Waals surface area contributed by atoms with Crippen LogP contribution >= 0.6 is 15.9 Å². The monoisotopic (exact) mass is 490 g/mol. The van der Waals surface area contributed by atoms with Gasteiger partial charge >= 0.3 is 0 Å². The lowest BCUT2D eigenvalue weighted by atomic mass is 10.1. The predicted octanol–water partition coefficient (Wildman–Crippen LogP) is 3.86. The van der Waals surface area contributed by atoms with Gasteiger partial charge in [-0.3, -0.25) is 14.4 Å². The lowest BCUT2D eigenvalue weighted by Crippen LogP contribution is -2.36. The average molecular weight is 491 g/mol. The summed E-state index contributed by atoms with van der Waals surface area (Å²) in [6.07, 6.45) is 0. The first-order valence-electron chi connectivity index (χ1n) is 9.83. The van der Waals surface area contributed by atoms with Gasteiger partial charge < -0.3 is 10.2 Å². The summed E-state index contributed by atoms with van der Waals surface area (Å²) in [5, 5.41) is 7.96. The number of aromatic nitrogens is 2. The molecule has 1 N–H and O–H groups in total. The molecule has 0 atom stereocenters. The van der Waals surface area contributed by atoms with Crippen LogP contribution in [-0.4, -0.2) is 40.1 Å². The molecule has 0 saturated heterocycles. The fourth-order valence-corrected chi connectivity index (χ4v) is 3.70. The van der Waals surface area contributed by atoms with Gasteiger partial charge in [0.15, 0.2) is 5.69 Å². The Kier molecular flexibility index (Phi) is 6.13. The number of fused-ring (bicyclic) bond motifs is 1. The number of para-hydroxylation sites is 2. The average Bonchev–Trinajstić information content (AvgIpc) is 2.81. The Morgan fingerprint density at radius 1 is 0.938 bits per heavy atom. The van der Waals surface area contributed by atoms with Gasteiger partial charge in [-0.25, -0.2) is 0 Å². The first-order chi connectivity index (χ1) is 15.5. The van der Waals surface area contributed by atoms with Crippen molar-refractivity contribution in [3.63, 3.8) is 0 Å². The molecule has 4 aromatic rings. The molecule has 0 fully saturated rings. The minimum atomic E-state index is -0.465. The Balaban J connectivity index is 1.67. The molecule has 0 radical (unpaired) electrons. The first-order valence-corrected chi connectivity index (χ1v) is 10.6. The van der Waals surface area contributed by atoms with Crippen molar-refractivity contribution in [3.05, 3.63) is 99.4 Å². The number of halogens is 1. The number of nitrogens with one attached hydrogen (secondary N) is 1. The Labute approximate surface area is 192 Å². The number of likely N-dealkylation sites (N-methyl/N-ethyl adjacent to an activating group) is 1. The summed E-state index contributed by atoms with van der Waals surface area (Å²) in [7, 11) is 1.52. The van der Waals surface area contributed by atoms with Crippen LogP contribution in [0.2, 0.25) is 0 Å². The van der Waals surface area contributed by atoms with Crippen LogP contribution in [0.15, 0.2) is 88.1 Å². The van der Waals surface area contributed by atoms with E-state index >= 15 is 0 Å². The summed E-state index contributed by atoms with van der Waals surface area (Å²) in [6.45, 7) is -0.180. The van der Waals surface area contributed by atoms with Crippen molar-refractivity contribution >= 4 is 44.2 Å². The van der Waals surface area contributed by atoms with E-state index in [1.165, 1.54) is 16.6 Å². The molecule has 0 aliphatic rings. The van der Waals surface area contributed by atoms with E-state index in [-0.39, 0.29) is 23.7 Å². The van der Waals surface area contributed by atoms with Crippen LogP contribution < -0.4 is 10.9 Å². The zero-order chi connectivity index (χ0) is 22.7. The molecule has 2 amide bonds. The molecule has 3 aromatic carbocycles. The van der Waals surface area contributed by atoms with Crippen LogP contribution in [0.25, 0.3) is 16.5 Å². The Morgan fingerprint density at radius 2 is 1.56 bits per heavy atom. The maximum absolute atomic E-state index is 13.3. The predicted molar refractivity (Wildman–Crippen MR) is 127 cm³/mol. The molecule has 7 nitrogen and oxygen atoms in total. The minimum Gasteiger partial charge on any atom is -0.331 e. The molecule has 32 heavy (non-hydrogen) atoms. The van der Waals surface area contributed by atoms with Crippen molar-refractivity contribution in [1.29, 1.82) is 0 Å². The summed E-state index contributed by atoms with van der Waals surface area (Å²) >= 11 is 3.38. The first kappa shape index (κ1) is 21.5. The summed E-state index contributed by atoms with van der Waals surface area (Å²) in [6, 6.07) is 22.9. The maximum atomic E-state index is 13.3. The van der Waals surface area contributed by atoms with Crippen LogP contribution in [-0.2, 0) is 4.79 Å². The van der Waals surface area contributed by atoms with Crippen molar-refractivity contribution in [1.82, 2.24) is 14.7 Å². The molecule has 4 rings (SSSR count). The topological polar surface area (TPSA) is 84.3 Å². The van der Waals surface area contributed by atoms with Crippen LogP contribution in [0.3, 0.4) is 0 Å².